The van der Waals surface area contributed by atoms with Crippen LogP contribution in [0.15, 0.2) is 53.5 Å². The van der Waals surface area contributed by atoms with Crippen molar-refractivity contribution >= 4 is 29.1 Å². The molecular weight excluding hydrogens is 689 g/mol. The number of imide groups is 1. The Hall–Kier alpha value is -4.85. The van der Waals surface area contributed by atoms with Gasteiger partial charge in [-0.05, 0) is 87.4 Å². The summed E-state index contributed by atoms with van der Waals surface area (Å²) in [5.74, 6) is -0.771. The van der Waals surface area contributed by atoms with Crippen molar-refractivity contribution in [2.75, 3.05) is 43.4 Å². The number of aromatic nitrogens is 1. The first kappa shape index (κ1) is 37.9. The summed E-state index contributed by atoms with van der Waals surface area (Å²) in [6, 6.07) is 12.3. The first-order chi connectivity index (χ1) is 25.2. The van der Waals surface area contributed by atoms with Crippen LogP contribution < -0.4 is 25.8 Å². The third-order valence-corrected chi connectivity index (χ3v) is 11.0. The number of hydrogen-bond donors (Lipinski definition) is 2. The molecule has 3 aliphatic heterocycles. The molecule has 14 heteroatoms. The molecule has 0 saturated carbocycles. The number of benzene rings is 2. The normalized spacial score (nSPS) is 19.2. The van der Waals surface area contributed by atoms with Crippen LogP contribution in [0.5, 0.6) is 5.75 Å². The zero-order valence-corrected chi connectivity index (χ0v) is 30.6. The van der Waals surface area contributed by atoms with E-state index in [0.717, 1.165) is 37.3 Å². The van der Waals surface area contributed by atoms with Crippen molar-refractivity contribution < 1.29 is 32.3 Å². The number of likely N-dealkylation sites (tertiary alicyclic amines) is 1. The van der Waals surface area contributed by atoms with Gasteiger partial charge in [-0.25, -0.2) is 0 Å². The molecule has 6 rings (SSSR count). The van der Waals surface area contributed by atoms with E-state index < -0.39 is 12.4 Å². The standard InChI is InChI=1S/C39H47F3N6O5/c1-24-25(2)37(51)45(3)23-32(24)27-5-6-28(34(21-27)53-39(40,41)42)22-47-17-15-30(16-18-47)46(4)38(52)26-13-19-48(20-14-26)31-9-7-29(8-10-31)43-33-11-12-35(49)44-36(33)50/h5-10,21,23,26,30,33,43H,11-20,22H2,1-4H3,(H,44,49,50). The van der Waals surface area contributed by atoms with Gasteiger partial charge in [0.2, 0.25) is 17.7 Å². The van der Waals surface area contributed by atoms with Crippen LogP contribution in [0.3, 0.4) is 0 Å². The van der Waals surface area contributed by atoms with Crippen LogP contribution in [0, 0.1) is 19.8 Å². The number of carbonyl (C=O) groups excluding carboxylic acids is 3. The fraction of sp³-hybridized carbons (Fsp3) is 0.487. The lowest BCUT2D eigenvalue weighted by atomic mass is 9.93. The monoisotopic (exact) mass is 736 g/mol. The van der Waals surface area contributed by atoms with E-state index in [1.165, 1.54) is 10.6 Å². The molecule has 0 spiro atoms. The summed E-state index contributed by atoms with van der Waals surface area (Å²) in [4.78, 5) is 55.7. The molecule has 3 aromatic rings. The van der Waals surface area contributed by atoms with Crippen LogP contribution in [0.1, 0.15) is 55.2 Å². The van der Waals surface area contributed by atoms with Gasteiger partial charge in [0.05, 0.1) is 0 Å². The Bertz CT molecular complexity index is 1900. The molecule has 0 aliphatic carbocycles. The molecule has 2 aromatic carbocycles. The molecule has 1 atom stereocenters. The number of alkyl halides is 3. The summed E-state index contributed by atoms with van der Waals surface area (Å²) in [6.45, 7) is 6.50. The van der Waals surface area contributed by atoms with Crippen molar-refractivity contribution in [1.82, 2.24) is 19.7 Å². The zero-order chi connectivity index (χ0) is 38.0. The fourth-order valence-electron chi connectivity index (χ4n) is 7.70. The molecule has 3 amide bonds. The van der Waals surface area contributed by atoms with E-state index in [9.17, 15) is 32.3 Å². The zero-order valence-electron chi connectivity index (χ0n) is 30.6. The predicted octanol–water partition coefficient (Wildman–Crippen LogP) is 5.12. The highest BCUT2D eigenvalue weighted by molar-refractivity contribution is 6.01. The number of nitrogens with zero attached hydrogens (tertiary/aromatic N) is 4. The predicted molar refractivity (Wildman–Crippen MR) is 196 cm³/mol. The Kier molecular flexibility index (Phi) is 11.2. The third-order valence-electron chi connectivity index (χ3n) is 11.0. The summed E-state index contributed by atoms with van der Waals surface area (Å²) >= 11 is 0. The van der Waals surface area contributed by atoms with Gasteiger partial charge in [-0.3, -0.25) is 29.4 Å². The van der Waals surface area contributed by atoms with E-state index in [1.54, 1.807) is 39.2 Å². The van der Waals surface area contributed by atoms with Gasteiger partial charge in [0.25, 0.3) is 5.56 Å². The lowest BCUT2D eigenvalue weighted by molar-refractivity contribution is -0.275. The lowest BCUT2D eigenvalue weighted by Gasteiger charge is -2.40. The average Bonchev–Trinajstić information content (AvgIpc) is 3.13. The Balaban J connectivity index is 1.01. The van der Waals surface area contributed by atoms with Gasteiger partial charge in [-0.2, -0.15) is 0 Å². The highest BCUT2D eigenvalue weighted by atomic mass is 19.4. The van der Waals surface area contributed by atoms with Gasteiger partial charge >= 0.3 is 6.36 Å². The number of rotatable bonds is 9. The van der Waals surface area contributed by atoms with Crippen molar-refractivity contribution in [3.8, 4) is 16.9 Å². The van der Waals surface area contributed by atoms with E-state index in [2.05, 4.69) is 25.2 Å². The van der Waals surface area contributed by atoms with Gasteiger partial charge in [0, 0.05) is 99.5 Å². The number of aryl methyl sites for hydroxylation is 1. The van der Waals surface area contributed by atoms with Crippen molar-refractivity contribution in [2.45, 2.75) is 77.4 Å². The van der Waals surface area contributed by atoms with Gasteiger partial charge in [0.1, 0.15) is 11.8 Å². The summed E-state index contributed by atoms with van der Waals surface area (Å²) in [6.07, 6.45) is 0.423. The maximum Gasteiger partial charge on any atom is 0.573 e. The van der Waals surface area contributed by atoms with Gasteiger partial charge in [-0.1, -0.05) is 12.1 Å². The van der Waals surface area contributed by atoms with Crippen LogP contribution in [0.4, 0.5) is 24.5 Å². The minimum Gasteiger partial charge on any atom is -0.405 e. The van der Waals surface area contributed by atoms with Crippen molar-refractivity contribution in [3.05, 3.63) is 75.7 Å². The molecule has 1 aromatic heterocycles. The molecule has 0 radical (unpaired) electrons. The molecule has 3 aliphatic rings. The van der Waals surface area contributed by atoms with Crippen molar-refractivity contribution in [2.24, 2.45) is 13.0 Å². The molecule has 1 unspecified atom stereocenters. The smallest absolute Gasteiger partial charge is 0.405 e. The molecule has 11 nitrogen and oxygen atoms in total. The van der Waals surface area contributed by atoms with Crippen LogP contribution in [-0.2, 0) is 28.0 Å². The first-order valence-electron chi connectivity index (χ1n) is 18.2. The number of piperidine rings is 3. The largest absolute Gasteiger partial charge is 0.573 e. The Morgan fingerprint density at radius 1 is 0.943 bits per heavy atom. The van der Waals surface area contributed by atoms with E-state index in [-0.39, 0.29) is 47.5 Å². The minimum absolute atomic E-state index is 0.0467. The molecule has 53 heavy (non-hydrogen) atoms. The first-order valence-corrected chi connectivity index (χ1v) is 18.2. The van der Waals surface area contributed by atoms with Crippen LogP contribution in [0.2, 0.25) is 0 Å². The van der Waals surface area contributed by atoms with Gasteiger partial charge < -0.3 is 24.4 Å². The van der Waals surface area contributed by atoms with E-state index in [1.807, 2.05) is 36.2 Å². The van der Waals surface area contributed by atoms with E-state index in [4.69, 9.17) is 0 Å². The van der Waals surface area contributed by atoms with Gasteiger partial charge in [0.15, 0.2) is 0 Å². The quantitative estimate of drug-likeness (QED) is 0.291. The summed E-state index contributed by atoms with van der Waals surface area (Å²) in [7, 11) is 3.48. The average molecular weight is 737 g/mol. The molecule has 2 N–H and O–H groups in total. The fourth-order valence-corrected chi connectivity index (χ4v) is 7.70. The molecule has 0 bridgehead atoms. The second kappa shape index (κ2) is 15.6. The Labute approximate surface area is 307 Å². The number of hydrogen-bond acceptors (Lipinski definition) is 8. The molecule has 284 valence electrons. The summed E-state index contributed by atoms with van der Waals surface area (Å²) in [5.41, 5.74) is 4.55. The Morgan fingerprint density at radius 3 is 2.26 bits per heavy atom. The summed E-state index contributed by atoms with van der Waals surface area (Å²) < 4.78 is 46.6. The highest BCUT2D eigenvalue weighted by Crippen LogP contribution is 2.35. The van der Waals surface area contributed by atoms with E-state index >= 15 is 0 Å². The van der Waals surface area contributed by atoms with Gasteiger partial charge in [-0.15, -0.1) is 13.2 Å². The number of ether oxygens (including phenoxy) is 1. The lowest BCUT2D eigenvalue weighted by Crippen LogP contribution is -2.48. The van der Waals surface area contributed by atoms with Crippen LogP contribution >= 0.6 is 0 Å². The molecule has 3 fully saturated rings. The van der Waals surface area contributed by atoms with E-state index in [0.29, 0.717) is 66.6 Å². The molecular formula is C39H47F3N6O5. The van der Waals surface area contributed by atoms with Crippen LogP contribution in [-0.4, -0.2) is 83.8 Å². The summed E-state index contributed by atoms with van der Waals surface area (Å²) in [5, 5.41) is 5.55. The van der Waals surface area contributed by atoms with Crippen LogP contribution in [0.25, 0.3) is 11.1 Å². The molecule has 3 saturated heterocycles. The number of anilines is 2. The van der Waals surface area contributed by atoms with Crippen molar-refractivity contribution in [1.29, 1.82) is 0 Å². The Morgan fingerprint density at radius 2 is 1.62 bits per heavy atom. The molecule has 4 heterocycles. The topological polar surface area (TPSA) is 116 Å². The second-order valence-electron chi connectivity index (χ2n) is 14.5. The number of pyridine rings is 1. The number of carbonyl (C=O) groups is 3. The second-order valence-corrected chi connectivity index (χ2v) is 14.5. The van der Waals surface area contributed by atoms with Crippen molar-refractivity contribution in [3.63, 3.8) is 0 Å². The number of amides is 3. The minimum atomic E-state index is -4.87. The highest BCUT2D eigenvalue weighted by Gasteiger charge is 2.35. The maximum atomic E-state index is 13.6. The maximum absolute atomic E-state index is 13.6. The number of nitrogens with one attached hydrogen (secondary N) is 2. The number of halogens is 3. The SMILES string of the molecule is Cc1c(-c2ccc(CN3CCC(N(C)C(=O)C4CCN(c5ccc(NC6CCC(=O)NC6=O)cc5)CC4)CC3)c(OC(F)(F)F)c2)cn(C)c(=O)c1C. The third kappa shape index (κ3) is 8.86.